The maximum Gasteiger partial charge on any atom is 0.332 e. The van der Waals surface area contributed by atoms with E-state index in [1.807, 2.05) is 0 Å². The van der Waals surface area contributed by atoms with Gasteiger partial charge >= 0.3 is 5.97 Å². The van der Waals surface area contributed by atoms with Crippen molar-refractivity contribution in [3.8, 4) is 0 Å². The summed E-state index contributed by atoms with van der Waals surface area (Å²) in [5, 5.41) is 11.1. The van der Waals surface area contributed by atoms with Gasteiger partial charge in [-0.3, -0.25) is 0 Å². The van der Waals surface area contributed by atoms with Crippen LogP contribution in [0.3, 0.4) is 0 Å². The second-order valence-corrected chi connectivity index (χ2v) is 11.9. The highest BCUT2D eigenvalue weighted by molar-refractivity contribution is 5.89. The van der Waals surface area contributed by atoms with Crippen LogP contribution in [0.5, 0.6) is 0 Å². The van der Waals surface area contributed by atoms with Gasteiger partial charge in [0, 0.05) is 11.0 Å². The highest BCUT2D eigenvalue weighted by Crippen LogP contribution is 2.54. The number of carboxylic acids is 1. The van der Waals surface area contributed by atoms with Gasteiger partial charge in [0.15, 0.2) is 0 Å². The van der Waals surface area contributed by atoms with Crippen molar-refractivity contribution in [2.45, 2.75) is 184 Å². The zero-order valence-corrected chi connectivity index (χ0v) is 26.1. The van der Waals surface area contributed by atoms with Crippen molar-refractivity contribution in [2.24, 2.45) is 16.7 Å². The molecule has 0 aromatic rings. The van der Waals surface area contributed by atoms with Crippen molar-refractivity contribution >= 4 is 5.97 Å². The molecule has 0 heterocycles. The van der Waals surface area contributed by atoms with E-state index in [0.717, 1.165) is 102 Å². The summed E-state index contributed by atoms with van der Waals surface area (Å²) in [6, 6.07) is 0. The molecule has 2 nitrogen and oxygen atoms in total. The molecule has 0 aromatic heterocycles. The molecule has 1 unspecified atom stereocenters. The molecule has 1 atom stereocenters. The molecule has 0 saturated carbocycles. The molecule has 0 aromatic carbocycles. The fourth-order valence-electron chi connectivity index (χ4n) is 6.86. The van der Waals surface area contributed by atoms with Gasteiger partial charge in [0.25, 0.3) is 0 Å². The maximum atomic E-state index is 13.5. The molecule has 0 bridgehead atoms. The Bertz CT molecular complexity index is 564. The van der Waals surface area contributed by atoms with Gasteiger partial charge in [-0.15, -0.1) is 0 Å². The fraction of sp³-hybridized carbons (Fsp3) is 0.912. The van der Waals surface area contributed by atoms with Crippen molar-refractivity contribution in [3.05, 3.63) is 11.1 Å². The Morgan fingerprint density at radius 1 is 0.583 bits per heavy atom. The minimum Gasteiger partial charge on any atom is -0.478 e. The predicted molar refractivity (Wildman–Crippen MR) is 161 cm³/mol. The van der Waals surface area contributed by atoms with E-state index in [4.69, 9.17) is 0 Å². The van der Waals surface area contributed by atoms with E-state index in [9.17, 15) is 9.90 Å². The number of unbranched alkanes of at least 4 members (excludes halogenated alkanes) is 5. The fourth-order valence-corrected chi connectivity index (χ4v) is 6.86. The minimum absolute atomic E-state index is 0.0419. The van der Waals surface area contributed by atoms with Gasteiger partial charge in [-0.2, -0.15) is 0 Å². The summed E-state index contributed by atoms with van der Waals surface area (Å²) < 4.78 is 0. The number of rotatable bonds is 24. The quantitative estimate of drug-likeness (QED) is 0.132. The molecule has 0 radical (unpaired) electrons. The molecule has 36 heavy (non-hydrogen) atoms. The molecule has 0 aliphatic heterocycles. The first-order chi connectivity index (χ1) is 17.3. The molecule has 0 aliphatic rings. The number of carboxylic acid groups (broad SMARTS) is 1. The van der Waals surface area contributed by atoms with Crippen LogP contribution in [-0.2, 0) is 4.79 Å². The SMILES string of the molecule is CCCCC(=C(C(=O)O)C(CCCC)(CCCC)CCCC)C(CCC)(CCCC)CC(CC)CC. The summed E-state index contributed by atoms with van der Waals surface area (Å²) in [4.78, 5) is 13.5. The second kappa shape index (κ2) is 20.2. The van der Waals surface area contributed by atoms with E-state index in [-0.39, 0.29) is 10.8 Å². The normalized spacial score (nSPS) is 14.7. The first-order valence-electron chi connectivity index (χ1n) is 16.3. The average Bonchev–Trinajstić information content (AvgIpc) is 2.88. The molecule has 1 N–H and O–H groups in total. The van der Waals surface area contributed by atoms with Gasteiger partial charge in [-0.25, -0.2) is 4.79 Å². The number of hydrogen-bond acceptors (Lipinski definition) is 1. The summed E-state index contributed by atoms with van der Waals surface area (Å²) in [7, 11) is 0. The molecule has 0 rings (SSSR count). The zero-order valence-electron chi connectivity index (χ0n) is 26.1. The summed E-state index contributed by atoms with van der Waals surface area (Å²) in [6.45, 7) is 18.4. The van der Waals surface area contributed by atoms with E-state index >= 15 is 0 Å². The Morgan fingerprint density at radius 3 is 1.33 bits per heavy atom. The molecule has 0 fully saturated rings. The smallest absolute Gasteiger partial charge is 0.332 e. The molecule has 214 valence electrons. The monoisotopic (exact) mass is 507 g/mol. The van der Waals surface area contributed by atoms with Gasteiger partial charge in [0.2, 0.25) is 0 Å². The number of allylic oxidation sites excluding steroid dienone is 1. The van der Waals surface area contributed by atoms with Crippen molar-refractivity contribution < 1.29 is 9.90 Å². The summed E-state index contributed by atoms with van der Waals surface area (Å²) in [5.74, 6) is 0.0855. The van der Waals surface area contributed by atoms with Crippen LogP contribution in [0.25, 0.3) is 0 Å². The zero-order chi connectivity index (χ0) is 27.5. The minimum atomic E-state index is -0.592. The Morgan fingerprint density at radius 2 is 1.00 bits per heavy atom. The van der Waals surface area contributed by atoms with E-state index in [1.54, 1.807) is 0 Å². The third-order valence-electron chi connectivity index (χ3n) is 9.06. The second-order valence-electron chi connectivity index (χ2n) is 11.9. The Kier molecular flexibility index (Phi) is 19.8. The molecule has 2 heteroatoms. The highest BCUT2D eigenvalue weighted by atomic mass is 16.4. The average molecular weight is 507 g/mol. The molecule has 0 spiro atoms. The van der Waals surface area contributed by atoms with Crippen molar-refractivity contribution in [3.63, 3.8) is 0 Å². The van der Waals surface area contributed by atoms with E-state index in [2.05, 4.69) is 55.4 Å². The molecule has 0 saturated heterocycles. The standard InChI is InChI=1S/C34H66O2/c1-9-17-22-30(34(23-14-6,27-21-13-5)28-29(15-7)16-8)31(32(35)36)33(24-18-10-2,25-19-11-3)26-20-12-4/h29H,9-28H2,1-8H3,(H,35,36). The Labute approximate surface area is 227 Å². The van der Waals surface area contributed by atoms with Crippen LogP contribution in [0.15, 0.2) is 11.1 Å². The Hall–Kier alpha value is -0.790. The lowest BCUT2D eigenvalue weighted by molar-refractivity contribution is -0.134. The van der Waals surface area contributed by atoms with Crippen LogP contribution < -0.4 is 0 Å². The first-order valence-corrected chi connectivity index (χ1v) is 16.3. The van der Waals surface area contributed by atoms with E-state index in [0.29, 0.717) is 5.92 Å². The predicted octanol–water partition coefficient (Wildman–Crippen LogP) is 11.9. The summed E-state index contributed by atoms with van der Waals surface area (Å²) in [5.41, 5.74) is 2.15. The third-order valence-corrected chi connectivity index (χ3v) is 9.06. The van der Waals surface area contributed by atoms with Gasteiger partial charge < -0.3 is 5.11 Å². The molecular weight excluding hydrogens is 440 g/mol. The van der Waals surface area contributed by atoms with Crippen molar-refractivity contribution in [1.82, 2.24) is 0 Å². The lowest BCUT2D eigenvalue weighted by atomic mass is 9.59. The lowest BCUT2D eigenvalue weighted by Gasteiger charge is -2.45. The van der Waals surface area contributed by atoms with Crippen LogP contribution in [0, 0.1) is 16.7 Å². The van der Waals surface area contributed by atoms with E-state index in [1.165, 1.54) is 37.7 Å². The van der Waals surface area contributed by atoms with Crippen LogP contribution in [0.1, 0.15) is 184 Å². The van der Waals surface area contributed by atoms with Crippen molar-refractivity contribution in [1.29, 1.82) is 0 Å². The topological polar surface area (TPSA) is 37.3 Å². The molecule has 0 aliphatic carbocycles. The van der Waals surface area contributed by atoms with Gasteiger partial charge in [-0.1, -0.05) is 138 Å². The largest absolute Gasteiger partial charge is 0.478 e. The maximum absolute atomic E-state index is 13.5. The van der Waals surface area contributed by atoms with Gasteiger partial charge in [-0.05, 0) is 62.7 Å². The Balaban J connectivity index is 7.49. The number of carbonyl (C=O) groups is 1. The van der Waals surface area contributed by atoms with Gasteiger partial charge in [0.1, 0.15) is 0 Å². The first kappa shape index (κ1) is 35.2. The molecule has 0 amide bonds. The van der Waals surface area contributed by atoms with Crippen LogP contribution in [0.2, 0.25) is 0 Å². The number of aliphatic carboxylic acids is 1. The van der Waals surface area contributed by atoms with E-state index < -0.39 is 5.97 Å². The number of hydrogen-bond donors (Lipinski definition) is 1. The highest BCUT2D eigenvalue weighted by Gasteiger charge is 2.44. The summed E-state index contributed by atoms with van der Waals surface area (Å²) in [6.07, 6.45) is 22.6. The lowest BCUT2D eigenvalue weighted by Crippen LogP contribution is -2.36. The van der Waals surface area contributed by atoms with Crippen molar-refractivity contribution in [2.75, 3.05) is 0 Å². The van der Waals surface area contributed by atoms with Gasteiger partial charge in [0.05, 0.1) is 0 Å². The van der Waals surface area contributed by atoms with Crippen LogP contribution >= 0.6 is 0 Å². The third kappa shape index (κ3) is 10.9. The molecular formula is C34H66O2. The van der Waals surface area contributed by atoms with Crippen LogP contribution in [-0.4, -0.2) is 11.1 Å². The summed E-state index contributed by atoms with van der Waals surface area (Å²) >= 11 is 0. The van der Waals surface area contributed by atoms with Crippen LogP contribution in [0.4, 0.5) is 0 Å².